The van der Waals surface area contributed by atoms with Crippen molar-refractivity contribution in [1.82, 2.24) is 16.0 Å². The summed E-state index contributed by atoms with van der Waals surface area (Å²) < 4.78 is 0. The van der Waals surface area contributed by atoms with E-state index in [1.165, 1.54) is 13.8 Å². The van der Waals surface area contributed by atoms with Crippen LogP contribution in [0.2, 0.25) is 0 Å². The fraction of sp³-hybridized carbons (Fsp3) is 0.632. The van der Waals surface area contributed by atoms with Crippen LogP contribution in [-0.2, 0) is 33.6 Å². The lowest BCUT2D eigenvalue weighted by Crippen LogP contribution is -2.58. The van der Waals surface area contributed by atoms with Gasteiger partial charge in [0.1, 0.15) is 18.1 Å². The molecule has 0 rings (SSSR count). The Balaban J connectivity index is 5.56. The van der Waals surface area contributed by atoms with Gasteiger partial charge in [-0.15, -0.1) is 0 Å². The molecule has 4 amide bonds. The number of nitrogens with one attached hydrogen (secondary N) is 3. The highest BCUT2D eigenvalue weighted by atomic mass is 16.4. The monoisotopic (exact) mass is 489 g/mol. The molecule has 0 aromatic heterocycles. The van der Waals surface area contributed by atoms with Gasteiger partial charge in [0, 0.05) is 12.8 Å². The molecule has 0 aliphatic rings. The van der Waals surface area contributed by atoms with Crippen LogP contribution in [0.5, 0.6) is 0 Å². The minimum Gasteiger partial charge on any atom is -0.481 e. The van der Waals surface area contributed by atoms with Crippen molar-refractivity contribution in [2.75, 3.05) is 0 Å². The van der Waals surface area contributed by atoms with E-state index in [0.29, 0.717) is 0 Å². The second-order valence-electron chi connectivity index (χ2n) is 7.83. The summed E-state index contributed by atoms with van der Waals surface area (Å²) in [6, 6.07) is -5.87. The van der Waals surface area contributed by atoms with Gasteiger partial charge in [-0.05, 0) is 18.8 Å². The summed E-state index contributed by atoms with van der Waals surface area (Å²) >= 11 is 0. The van der Waals surface area contributed by atoms with Gasteiger partial charge in [0.25, 0.3) is 0 Å². The Morgan fingerprint density at radius 1 is 0.735 bits per heavy atom. The predicted octanol–water partition coefficient (Wildman–Crippen LogP) is -2.89. The largest absolute Gasteiger partial charge is 0.481 e. The van der Waals surface area contributed by atoms with Crippen LogP contribution in [0.4, 0.5) is 0 Å². The van der Waals surface area contributed by atoms with Gasteiger partial charge in [0.15, 0.2) is 0 Å². The SMILES string of the molecule is CC(C)C(NC(=O)C(CC(=O)O)NC(=O)C(CCC(=O)O)NC(=O)C(N)CCC(N)=O)C(=O)O. The normalized spacial score (nSPS) is 14.2. The number of carbonyl (C=O) groups excluding carboxylic acids is 4. The van der Waals surface area contributed by atoms with Crippen molar-refractivity contribution in [3.63, 3.8) is 0 Å². The number of nitrogens with two attached hydrogens (primary N) is 2. The highest BCUT2D eigenvalue weighted by Gasteiger charge is 2.32. The Bertz CT molecular complexity index is 800. The zero-order valence-electron chi connectivity index (χ0n) is 18.8. The number of rotatable bonds is 16. The molecule has 15 heteroatoms. The maximum atomic E-state index is 12.7. The number of aliphatic carboxylic acids is 3. The van der Waals surface area contributed by atoms with E-state index < -0.39 is 90.9 Å². The Morgan fingerprint density at radius 3 is 1.71 bits per heavy atom. The van der Waals surface area contributed by atoms with E-state index in [2.05, 4.69) is 16.0 Å². The molecule has 0 aromatic carbocycles. The molecule has 0 heterocycles. The lowest BCUT2D eigenvalue weighted by Gasteiger charge is -2.25. The first-order valence-corrected chi connectivity index (χ1v) is 10.3. The number of carboxylic acid groups (broad SMARTS) is 3. The van der Waals surface area contributed by atoms with E-state index in [0.717, 1.165) is 0 Å². The molecule has 15 nitrogen and oxygen atoms in total. The fourth-order valence-corrected chi connectivity index (χ4v) is 2.67. The van der Waals surface area contributed by atoms with Crippen LogP contribution < -0.4 is 27.4 Å². The average molecular weight is 489 g/mol. The molecule has 4 atom stereocenters. The van der Waals surface area contributed by atoms with Crippen LogP contribution >= 0.6 is 0 Å². The minimum atomic E-state index is -1.72. The van der Waals surface area contributed by atoms with E-state index in [-0.39, 0.29) is 12.8 Å². The molecule has 0 radical (unpaired) electrons. The van der Waals surface area contributed by atoms with Gasteiger partial charge in [-0.25, -0.2) is 4.79 Å². The van der Waals surface area contributed by atoms with Gasteiger partial charge in [0.2, 0.25) is 23.6 Å². The second kappa shape index (κ2) is 14.4. The molecule has 10 N–H and O–H groups in total. The molecule has 0 aliphatic heterocycles. The first kappa shape index (κ1) is 30.2. The topological polar surface area (TPSA) is 268 Å². The average Bonchev–Trinajstić information content (AvgIpc) is 2.70. The van der Waals surface area contributed by atoms with Crippen molar-refractivity contribution in [2.45, 2.75) is 70.1 Å². The van der Waals surface area contributed by atoms with Gasteiger partial charge in [-0.3, -0.25) is 28.8 Å². The summed E-state index contributed by atoms with van der Waals surface area (Å²) in [6.07, 6.45) is -2.29. The third-order valence-electron chi connectivity index (χ3n) is 4.56. The molecule has 34 heavy (non-hydrogen) atoms. The van der Waals surface area contributed by atoms with Crippen molar-refractivity contribution in [3.8, 4) is 0 Å². The Hall–Kier alpha value is -3.75. The van der Waals surface area contributed by atoms with Crippen LogP contribution in [0.25, 0.3) is 0 Å². The molecular formula is C19H31N5O10. The van der Waals surface area contributed by atoms with Gasteiger partial charge in [0.05, 0.1) is 12.5 Å². The van der Waals surface area contributed by atoms with Gasteiger partial charge < -0.3 is 42.7 Å². The number of carbonyl (C=O) groups is 7. The lowest BCUT2D eigenvalue weighted by molar-refractivity contribution is -0.144. The zero-order valence-corrected chi connectivity index (χ0v) is 18.8. The van der Waals surface area contributed by atoms with E-state index in [9.17, 15) is 38.7 Å². The molecule has 0 fully saturated rings. The first-order chi connectivity index (χ1) is 15.6. The summed E-state index contributed by atoms with van der Waals surface area (Å²) in [5, 5.41) is 33.7. The highest BCUT2D eigenvalue weighted by Crippen LogP contribution is 2.06. The Kier molecular flexibility index (Phi) is 12.8. The van der Waals surface area contributed by atoms with Crippen molar-refractivity contribution >= 4 is 41.5 Å². The van der Waals surface area contributed by atoms with Crippen LogP contribution in [0.15, 0.2) is 0 Å². The molecular weight excluding hydrogens is 458 g/mol. The minimum absolute atomic E-state index is 0.149. The smallest absolute Gasteiger partial charge is 0.326 e. The summed E-state index contributed by atoms with van der Waals surface area (Å²) in [5.74, 6) is -8.54. The third-order valence-corrected chi connectivity index (χ3v) is 4.56. The van der Waals surface area contributed by atoms with Gasteiger partial charge >= 0.3 is 17.9 Å². The molecule has 0 aliphatic carbocycles. The van der Waals surface area contributed by atoms with E-state index in [1.54, 1.807) is 0 Å². The third kappa shape index (κ3) is 11.8. The summed E-state index contributed by atoms with van der Waals surface area (Å²) in [4.78, 5) is 81.7. The first-order valence-electron chi connectivity index (χ1n) is 10.3. The summed E-state index contributed by atoms with van der Waals surface area (Å²) in [6.45, 7) is 3.01. The standard InChI is InChI=1S/C19H31N5O10/c1-8(2)15(19(33)34)24-18(32)11(7-14(28)29)23-17(31)10(4-6-13(26)27)22-16(30)9(20)3-5-12(21)25/h8-11,15H,3-7,20H2,1-2H3,(H2,21,25)(H,22,30)(H,23,31)(H,24,32)(H,26,27)(H,28,29)(H,33,34). The van der Waals surface area contributed by atoms with Crippen LogP contribution in [0.3, 0.4) is 0 Å². The number of hydrogen-bond acceptors (Lipinski definition) is 8. The lowest BCUT2D eigenvalue weighted by atomic mass is 10.0. The summed E-state index contributed by atoms with van der Waals surface area (Å²) in [7, 11) is 0. The molecule has 0 saturated carbocycles. The van der Waals surface area contributed by atoms with Crippen molar-refractivity contribution in [3.05, 3.63) is 0 Å². The fourth-order valence-electron chi connectivity index (χ4n) is 2.67. The number of hydrogen-bond donors (Lipinski definition) is 8. The van der Waals surface area contributed by atoms with Crippen molar-refractivity contribution in [2.24, 2.45) is 17.4 Å². The number of amides is 4. The second-order valence-corrected chi connectivity index (χ2v) is 7.83. The molecule has 4 unspecified atom stereocenters. The molecule has 0 saturated heterocycles. The maximum absolute atomic E-state index is 12.7. The van der Waals surface area contributed by atoms with Crippen molar-refractivity contribution in [1.29, 1.82) is 0 Å². The van der Waals surface area contributed by atoms with Crippen LogP contribution in [0, 0.1) is 5.92 Å². The maximum Gasteiger partial charge on any atom is 0.326 e. The van der Waals surface area contributed by atoms with E-state index in [1.807, 2.05) is 0 Å². The molecule has 0 spiro atoms. The van der Waals surface area contributed by atoms with Gasteiger partial charge in [-0.1, -0.05) is 13.8 Å². The molecule has 192 valence electrons. The molecule has 0 bridgehead atoms. The van der Waals surface area contributed by atoms with Crippen molar-refractivity contribution < 1.29 is 48.9 Å². The zero-order chi connectivity index (χ0) is 26.6. The van der Waals surface area contributed by atoms with Gasteiger partial charge in [-0.2, -0.15) is 0 Å². The van der Waals surface area contributed by atoms with E-state index in [4.69, 9.17) is 21.7 Å². The summed E-state index contributed by atoms with van der Waals surface area (Å²) in [5.41, 5.74) is 10.6. The Labute approximate surface area is 194 Å². The van der Waals surface area contributed by atoms with Crippen LogP contribution in [-0.4, -0.2) is 81.0 Å². The predicted molar refractivity (Wildman–Crippen MR) is 114 cm³/mol. The Morgan fingerprint density at radius 2 is 1.26 bits per heavy atom. The molecule has 0 aromatic rings. The number of carboxylic acids is 3. The van der Waals surface area contributed by atoms with Crippen LogP contribution in [0.1, 0.15) is 46.0 Å². The van der Waals surface area contributed by atoms with E-state index >= 15 is 0 Å². The highest BCUT2D eigenvalue weighted by molar-refractivity contribution is 5.95. The quantitative estimate of drug-likeness (QED) is 0.109. The number of primary amides is 1.